The van der Waals surface area contributed by atoms with Gasteiger partial charge in [0.05, 0.1) is 16.1 Å². The average Bonchev–Trinajstić information content (AvgIpc) is 3.19. The van der Waals surface area contributed by atoms with Gasteiger partial charge in [0.1, 0.15) is 17.7 Å². The van der Waals surface area contributed by atoms with Gasteiger partial charge in [0, 0.05) is 35.9 Å². The molecule has 34 heavy (non-hydrogen) atoms. The highest BCUT2D eigenvalue weighted by Gasteiger charge is 2.36. The van der Waals surface area contributed by atoms with E-state index in [0.717, 1.165) is 44.1 Å². The molecule has 0 spiro atoms. The number of nitrogens with zero attached hydrogens (tertiary/aromatic N) is 2. The standard InChI is InChI=1S/C26H28Cl2FN3O2/c27-18-8-6-17(7-9-18)25-31-22-15-21(29)20(28)14-23(22)32(25)24(16-10-12-34-13-11-16)26(33)30-19-4-2-1-3-5-19/h6-9,14-16,19,24H,1-5,10-13H2,(H,30,33). The van der Waals surface area contributed by atoms with E-state index in [0.29, 0.717) is 35.1 Å². The number of amides is 1. The molecule has 0 bridgehead atoms. The van der Waals surface area contributed by atoms with Crippen LogP contribution in [0.1, 0.15) is 51.0 Å². The van der Waals surface area contributed by atoms with Crippen LogP contribution in [0, 0.1) is 11.7 Å². The summed E-state index contributed by atoms with van der Waals surface area (Å²) in [4.78, 5) is 18.7. The number of halogens is 3. The molecular formula is C26H28Cl2FN3O2. The van der Waals surface area contributed by atoms with Crippen LogP contribution in [0.15, 0.2) is 36.4 Å². The van der Waals surface area contributed by atoms with Crippen LogP contribution in [0.2, 0.25) is 10.0 Å². The highest BCUT2D eigenvalue weighted by molar-refractivity contribution is 6.31. The third-order valence-corrected chi connectivity index (χ3v) is 7.59. The van der Waals surface area contributed by atoms with Crippen molar-refractivity contribution in [2.75, 3.05) is 13.2 Å². The van der Waals surface area contributed by atoms with E-state index in [1.807, 2.05) is 16.7 Å². The lowest BCUT2D eigenvalue weighted by Gasteiger charge is -2.33. The number of hydrogen-bond donors (Lipinski definition) is 1. The Morgan fingerprint density at radius 1 is 1.06 bits per heavy atom. The lowest BCUT2D eigenvalue weighted by atomic mass is 9.89. The maximum atomic E-state index is 14.4. The zero-order chi connectivity index (χ0) is 23.7. The first-order valence-corrected chi connectivity index (χ1v) is 12.8. The number of aromatic nitrogens is 2. The van der Waals surface area contributed by atoms with Crippen LogP contribution in [0.5, 0.6) is 0 Å². The molecule has 1 saturated heterocycles. The fourth-order valence-electron chi connectivity index (χ4n) is 5.28. The van der Waals surface area contributed by atoms with Crippen LogP contribution < -0.4 is 5.32 Å². The lowest BCUT2D eigenvalue weighted by Crippen LogP contribution is -2.44. The fraction of sp³-hybridized carbons (Fsp3) is 0.462. The normalized spacial score (nSPS) is 18.8. The Balaban J connectivity index is 1.65. The predicted molar refractivity (Wildman–Crippen MR) is 133 cm³/mol. The number of rotatable bonds is 5. The zero-order valence-corrected chi connectivity index (χ0v) is 20.4. The van der Waals surface area contributed by atoms with Crippen LogP contribution in [0.4, 0.5) is 4.39 Å². The molecule has 0 radical (unpaired) electrons. The van der Waals surface area contributed by atoms with E-state index in [4.69, 9.17) is 32.9 Å². The van der Waals surface area contributed by atoms with Crippen molar-refractivity contribution in [3.63, 3.8) is 0 Å². The second-order valence-electron chi connectivity index (χ2n) is 9.31. The average molecular weight is 504 g/mol. The molecule has 180 valence electrons. The summed E-state index contributed by atoms with van der Waals surface area (Å²) in [5.74, 6) is 0.109. The first kappa shape index (κ1) is 23.6. The van der Waals surface area contributed by atoms with Gasteiger partial charge >= 0.3 is 0 Å². The molecule has 2 aliphatic rings. The molecule has 1 unspecified atom stereocenters. The van der Waals surface area contributed by atoms with Crippen molar-refractivity contribution in [1.29, 1.82) is 0 Å². The second-order valence-corrected chi connectivity index (χ2v) is 10.1. The molecule has 5 nitrogen and oxygen atoms in total. The van der Waals surface area contributed by atoms with Crippen LogP contribution in [-0.4, -0.2) is 34.7 Å². The SMILES string of the molecule is O=C(NC1CCCCC1)C(C1CCOCC1)n1c(-c2ccc(Cl)cc2)nc2cc(F)c(Cl)cc21. The lowest BCUT2D eigenvalue weighted by molar-refractivity contribution is -0.127. The predicted octanol–water partition coefficient (Wildman–Crippen LogP) is 6.57. The Labute approximate surface area is 208 Å². The van der Waals surface area contributed by atoms with Crippen molar-refractivity contribution < 1.29 is 13.9 Å². The summed E-state index contributed by atoms with van der Waals surface area (Å²) < 4.78 is 21.9. The van der Waals surface area contributed by atoms with Crippen molar-refractivity contribution in [3.05, 3.63) is 52.3 Å². The van der Waals surface area contributed by atoms with Crippen molar-refractivity contribution in [2.24, 2.45) is 5.92 Å². The van der Waals surface area contributed by atoms with E-state index < -0.39 is 11.9 Å². The van der Waals surface area contributed by atoms with Gasteiger partial charge in [-0.25, -0.2) is 9.37 Å². The molecule has 1 aromatic heterocycles. The molecule has 5 rings (SSSR count). The largest absolute Gasteiger partial charge is 0.381 e. The molecule has 1 amide bonds. The van der Waals surface area contributed by atoms with E-state index in [1.165, 1.54) is 12.5 Å². The van der Waals surface area contributed by atoms with Crippen LogP contribution in [0.3, 0.4) is 0 Å². The Morgan fingerprint density at radius 2 is 1.76 bits per heavy atom. The van der Waals surface area contributed by atoms with Gasteiger partial charge in [-0.15, -0.1) is 0 Å². The van der Waals surface area contributed by atoms with Crippen LogP contribution in [-0.2, 0) is 9.53 Å². The first-order valence-electron chi connectivity index (χ1n) is 12.0. The summed E-state index contributed by atoms with van der Waals surface area (Å²) in [6.45, 7) is 1.21. The summed E-state index contributed by atoms with van der Waals surface area (Å²) in [7, 11) is 0. The number of imidazole rings is 1. The summed E-state index contributed by atoms with van der Waals surface area (Å²) in [5.41, 5.74) is 1.92. The summed E-state index contributed by atoms with van der Waals surface area (Å²) >= 11 is 12.3. The van der Waals surface area contributed by atoms with E-state index in [-0.39, 0.29) is 22.9 Å². The zero-order valence-electron chi connectivity index (χ0n) is 18.9. The molecule has 1 saturated carbocycles. The molecule has 8 heteroatoms. The van der Waals surface area contributed by atoms with Gasteiger partial charge < -0.3 is 14.6 Å². The minimum Gasteiger partial charge on any atom is -0.381 e. The minimum atomic E-state index is -0.532. The van der Waals surface area contributed by atoms with E-state index in [2.05, 4.69) is 5.32 Å². The maximum Gasteiger partial charge on any atom is 0.243 e. The Kier molecular flexibility index (Phi) is 7.09. The highest BCUT2D eigenvalue weighted by atomic mass is 35.5. The molecule has 2 fully saturated rings. The first-order chi connectivity index (χ1) is 16.5. The van der Waals surface area contributed by atoms with Crippen LogP contribution >= 0.6 is 23.2 Å². The molecule has 1 N–H and O–H groups in total. The number of carbonyl (C=O) groups excluding carboxylic acids is 1. The molecular weight excluding hydrogens is 476 g/mol. The van der Waals surface area contributed by atoms with Gasteiger partial charge in [0.25, 0.3) is 0 Å². The molecule has 2 heterocycles. The third kappa shape index (κ3) is 4.81. The Morgan fingerprint density at radius 3 is 2.47 bits per heavy atom. The number of fused-ring (bicyclic) bond motifs is 1. The molecule has 1 aliphatic heterocycles. The number of nitrogens with one attached hydrogen (secondary N) is 1. The summed E-state index contributed by atoms with van der Waals surface area (Å²) in [6.07, 6.45) is 7.00. The molecule has 2 aromatic carbocycles. The van der Waals surface area contributed by atoms with E-state index in [9.17, 15) is 9.18 Å². The number of ether oxygens (including phenoxy) is 1. The van der Waals surface area contributed by atoms with Crippen LogP contribution in [0.25, 0.3) is 22.4 Å². The topological polar surface area (TPSA) is 56.1 Å². The van der Waals surface area contributed by atoms with Crippen molar-refractivity contribution in [1.82, 2.24) is 14.9 Å². The summed E-state index contributed by atoms with van der Waals surface area (Å²) in [6, 6.07) is 9.92. The van der Waals surface area contributed by atoms with Gasteiger partial charge in [-0.2, -0.15) is 0 Å². The van der Waals surface area contributed by atoms with Gasteiger partial charge in [-0.05, 0) is 61.9 Å². The smallest absolute Gasteiger partial charge is 0.243 e. The Bertz CT molecular complexity index is 1170. The van der Waals surface area contributed by atoms with Gasteiger partial charge in [-0.1, -0.05) is 42.5 Å². The second kappa shape index (κ2) is 10.2. The fourth-order valence-corrected chi connectivity index (χ4v) is 5.57. The van der Waals surface area contributed by atoms with Crippen molar-refractivity contribution in [3.8, 4) is 11.4 Å². The number of hydrogen-bond acceptors (Lipinski definition) is 3. The molecule has 1 aliphatic carbocycles. The van der Waals surface area contributed by atoms with Gasteiger partial charge in [-0.3, -0.25) is 4.79 Å². The van der Waals surface area contributed by atoms with Gasteiger partial charge in [0.2, 0.25) is 5.91 Å². The van der Waals surface area contributed by atoms with Crippen molar-refractivity contribution >= 4 is 40.1 Å². The van der Waals surface area contributed by atoms with E-state index >= 15 is 0 Å². The molecule has 1 atom stereocenters. The Hall–Kier alpha value is -2.15. The monoisotopic (exact) mass is 503 g/mol. The number of carbonyl (C=O) groups is 1. The number of benzene rings is 2. The maximum absolute atomic E-state index is 14.4. The highest BCUT2D eigenvalue weighted by Crippen LogP contribution is 2.37. The quantitative estimate of drug-likeness (QED) is 0.428. The third-order valence-electron chi connectivity index (χ3n) is 7.04. The minimum absolute atomic E-state index is 0.00900. The van der Waals surface area contributed by atoms with E-state index in [1.54, 1.807) is 18.2 Å². The molecule has 3 aromatic rings. The van der Waals surface area contributed by atoms with Crippen molar-refractivity contribution in [2.45, 2.75) is 57.0 Å². The summed E-state index contributed by atoms with van der Waals surface area (Å²) in [5, 5.41) is 3.94. The van der Waals surface area contributed by atoms with Gasteiger partial charge in [0.15, 0.2) is 0 Å².